The van der Waals surface area contributed by atoms with E-state index in [0.717, 1.165) is 44.9 Å². The highest BCUT2D eigenvalue weighted by molar-refractivity contribution is 7.45. The molecule has 0 spiro atoms. The van der Waals surface area contributed by atoms with Gasteiger partial charge in [-0.25, -0.2) is 0 Å². The van der Waals surface area contributed by atoms with Crippen LogP contribution in [0.1, 0.15) is 245 Å². The van der Waals surface area contributed by atoms with Gasteiger partial charge < -0.3 is 28.8 Å². The molecule has 3 atom stereocenters. The van der Waals surface area contributed by atoms with E-state index in [4.69, 9.17) is 9.05 Å². The monoisotopic (exact) mass is 947 g/mol. The summed E-state index contributed by atoms with van der Waals surface area (Å²) >= 11 is 0. The lowest BCUT2D eigenvalue weighted by atomic mass is 10.0. The molecule has 0 aromatic carbocycles. The van der Waals surface area contributed by atoms with E-state index in [1.54, 1.807) is 6.08 Å². The third-order valence-electron chi connectivity index (χ3n) is 12.3. The molecule has 0 fully saturated rings. The molecule has 0 aliphatic rings. The molecule has 0 radical (unpaired) electrons. The quantitative estimate of drug-likeness (QED) is 0.0272. The zero-order chi connectivity index (χ0) is 48.5. The molecule has 0 aromatic rings. The second kappa shape index (κ2) is 48.2. The first-order valence-electron chi connectivity index (χ1n) is 27.6. The molecule has 0 rings (SSSR count). The van der Waals surface area contributed by atoms with Gasteiger partial charge in [0, 0.05) is 6.42 Å². The van der Waals surface area contributed by atoms with Crippen molar-refractivity contribution in [2.75, 3.05) is 40.9 Å². The molecule has 0 aliphatic heterocycles. The number of nitrogens with zero attached hydrogens (tertiary/aromatic N) is 1. The molecule has 2 N–H and O–H groups in total. The van der Waals surface area contributed by atoms with Crippen molar-refractivity contribution in [1.29, 1.82) is 0 Å². The average molecular weight is 947 g/mol. The predicted molar refractivity (Wildman–Crippen MR) is 284 cm³/mol. The van der Waals surface area contributed by atoms with E-state index in [-0.39, 0.29) is 25.5 Å². The molecule has 8 nitrogen and oxygen atoms in total. The number of amides is 1. The lowest BCUT2D eigenvalue weighted by Crippen LogP contribution is -2.46. The van der Waals surface area contributed by atoms with Crippen LogP contribution >= 0.6 is 7.82 Å². The van der Waals surface area contributed by atoms with Gasteiger partial charge in [-0.05, 0) is 38.5 Å². The van der Waals surface area contributed by atoms with Crippen molar-refractivity contribution in [2.24, 2.45) is 0 Å². The van der Waals surface area contributed by atoms with Gasteiger partial charge >= 0.3 is 0 Å². The van der Waals surface area contributed by atoms with Gasteiger partial charge in [-0.2, -0.15) is 0 Å². The Bertz CT molecular complexity index is 1260. The molecule has 0 heterocycles. The van der Waals surface area contributed by atoms with Crippen molar-refractivity contribution in [2.45, 2.75) is 257 Å². The summed E-state index contributed by atoms with van der Waals surface area (Å²) in [5.74, 6) is -0.290. The van der Waals surface area contributed by atoms with Crippen LogP contribution in [0.2, 0.25) is 0 Å². The number of quaternary nitrogens is 1. The molecular formula is C57H107N2O6P. The number of likely N-dealkylation sites (N-methyl/N-ethyl adjacent to an activating group) is 1. The number of carbonyl (C=O) groups excluding carboxylic acids is 1. The minimum absolute atomic E-state index is 0.00637. The highest BCUT2D eigenvalue weighted by Gasteiger charge is 2.24. The van der Waals surface area contributed by atoms with Crippen LogP contribution in [-0.2, 0) is 18.4 Å². The van der Waals surface area contributed by atoms with Crippen molar-refractivity contribution in [3.8, 4) is 0 Å². The van der Waals surface area contributed by atoms with Crippen LogP contribution in [0.15, 0.2) is 60.8 Å². The molecular weight excluding hydrogens is 840 g/mol. The minimum atomic E-state index is -4.60. The minimum Gasteiger partial charge on any atom is -0.756 e. The summed E-state index contributed by atoms with van der Waals surface area (Å²) < 4.78 is 23.3. The Morgan fingerprint density at radius 2 is 0.864 bits per heavy atom. The van der Waals surface area contributed by atoms with Gasteiger partial charge in [0.1, 0.15) is 13.2 Å². The number of allylic oxidation sites excluding steroid dienone is 9. The lowest BCUT2D eigenvalue weighted by molar-refractivity contribution is -0.870. The molecule has 0 saturated heterocycles. The summed E-state index contributed by atoms with van der Waals surface area (Å²) in [5.41, 5.74) is 0. The summed E-state index contributed by atoms with van der Waals surface area (Å²) in [5, 5.41) is 13.9. The van der Waals surface area contributed by atoms with Gasteiger partial charge in [-0.15, -0.1) is 0 Å². The number of carbonyl (C=O) groups is 1. The van der Waals surface area contributed by atoms with Crippen LogP contribution in [0.3, 0.4) is 0 Å². The van der Waals surface area contributed by atoms with Crippen molar-refractivity contribution in [1.82, 2.24) is 5.32 Å². The molecule has 386 valence electrons. The van der Waals surface area contributed by atoms with E-state index in [2.05, 4.69) is 67.8 Å². The zero-order valence-corrected chi connectivity index (χ0v) is 44.8. The summed E-state index contributed by atoms with van der Waals surface area (Å²) in [6, 6.07) is -0.858. The number of unbranched alkanes of at least 4 members (excludes halogenated alkanes) is 28. The van der Waals surface area contributed by atoms with Crippen LogP contribution in [0.25, 0.3) is 0 Å². The van der Waals surface area contributed by atoms with Crippen molar-refractivity contribution in [3.63, 3.8) is 0 Å². The van der Waals surface area contributed by atoms with Gasteiger partial charge in [0.2, 0.25) is 5.91 Å². The van der Waals surface area contributed by atoms with Crippen molar-refractivity contribution in [3.05, 3.63) is 60.8 Å². The maximum Gasteiger partial charge on any atom is 0.268 e. The molecule has 0 bridgehead atoms. The zero-order valence-electron chi connectivity index (χ0n) is 43.9. The second-order valence-electron chi connectivity index (χ2n) is 19.9. The number of hydrogen-bond acceptors (Lipinski definition) is 6. The molecule has 9 heteroatoms. The smallest absolute Gasteiger partial charge is 0.268 e. The van der Waals surface area contributed by atoms with Crippen LogP contribution in [-0.4, -0.2) is 68.5 Å². The molecule has 0 saturated carbocycles. The first kappa shape index (κ1) is 64.2. The number of aliphatic hydroxyl groups is 1. The fourth-order valence-electron chi connectivity index (χ4n) is 7.99. The Kier molecular flexibility index (Phi) is 46.9. The number of hydrogen-bond donors (Lipinski definition) is 2. The van der Waals surface area contributed by atoms with E-state index < -0.39 is 20.0 Å². The molecule has 1 amide bonds. The standard InChI is InChI=1S/C57H107N2O6P/c1-6-8-10-12-14-16-18-20-22-23-24-25-26-27-28-29-30-31-32-33-34-35-37-38-40-42-44-46-48-50-56(60)55(54-65-66(62,63)64-53-52-59(3,4)5)58-57(61)51-49-47-45-43-41-39-36-21-19-17-15-13-11-9-7-2/h9,11,15,17,21,36,41,43,47,49,55-56,60H,6-8,10,12-14,16,18-20,22-35,37-40,42,44-46,48,50-54H2,1-5H3,(H-,58,61,62,63)/b11-9-,17-15-,36-21-,43-41-,49-47-. The fourth-order valence-corrected chi connectivity index (χ4v) is 8.71. The van der Waals surface area contributed by atoms with Gasteiger partial charge in [0.15, 0.2) is 0 Å². The number of phosphoric ester groups is 1. The highest BCUT2D eigenvalue weighted by atomic mass is 31.2. The number of aliphatic hydroxyl groups excluding tert-OH is 1. The number of phosphoric acid groups is 1. The topological polar surface area (TPSA) is 108 Å². The van der Waals surface area contributed by atoms with E-state index in [1.165, 1.54) is 167 Å². The Morgan fingerprint density at radius 3 is 1.21 bits per heavy atom. The van der Waals surface area contributed by atoms with Crippen LogP contribution in [0.4, 0.5) is 0 Å². The summed E-state index contributed by atoms with van der Waals surface area (Å²) in [6.45, 7) is 4.55. The first-order chi connectivity index (χ1) is 32.0. The Balaban J connectivity index is 4.16. The van der Waals surface area contributed by atoms with Crippen molar-refractivity contribution >= 4 is 13.7 Å². The Morgan fingerprint density at radius 1 is 0.530 bits per heavy atom. The van der Waals surface area contributed by atoms with Gasteiger partial charge in [0.25, 0.3) is 7.82 Å². The van der Waals surface area contributed by atoms with Gasteiger partial charge in [0.05, 0.1) is 39.9 Å². The van der Waals surface area contributed by atoms with Crippen molar-refractivity contribution < 1.29 is 32.9 Å². The largest absolute Gasteiger partial charge is 0.756 e. The number of rotatable bonds is 50. The van der Waals surface area contributed by atoms with Crippen LogP contribution in [0.5, 0.6) is 0 Å². The van der Waals surface area contributed by atoms with Crippen LogP contribution < -0.4 is 10.2 Å². The molecule has 0 aromatic heterocycles. The van der Waals surface area contributed by atoms with E-state index in [0.29, 0.717) is 23.9 Å². The third-order valence-corrected chi connectivity index (χ3v) is 13.3. The molecule has 66 heavy (non-hydrogen) atoms. The maximum atomic E-state index is 12.9. The first-order valence-corrected chi connectivity index (χ1v) is 29.1. The highest BCUT2D eigenvalue weighted by Crippen LogP contribution is 2.38. The number of nitrogens with one attached hydrogen (secondary N) is 1. The SMILES string of the molecule is CC/C=C\C/C=C\C/C=C\C/C=C\C/C=C\CC(=O)NC(COP(=O)([O-])OCC[N+](C)(C)C)C(O)CCCCCCCCCCCCCCCCCCCCCCCCCCCCCCC. The molecule has 3 unspecified atom stereocenters. The lowest BCUT2D eigenvalue weighted by Gasteiger charge is -2.30. The van der Waals surface area contributed by atoms with Crippen LogP contribution in [0, 0.1) is 0 Å². The average Bonchev–Trinajstić information content (AvgIpc) is 3.28. The third kappa shape index (κ3) is 50.1. The van der Waals surface area contributed by atoms with E-state index >= 15 is 0 Å². The second-order valence-corrected chi connectivity index (χ2v) is 21.3. The van der Waals surface area contributed by atoms with E-state index in [1.807, 2.05) is 27.2 Å². The summed E-state index contributed by atoms with van der Waals surface area (Å²) in [6.07, 6.45) is 64.4. The predicted octanol–water partition coefficient (Wildman–Crippen LogP) is 15.9. The van der Waals surface area contributed by atoms with E-state index in [9.17, 15) is 19.4 Å². The maximum absolute atomic E-state index is 12.9. The van der Waals surface area contributed by atoms with Gasteiger partial charge in [-0.3, -0.25) is 9.36 Å². The fraction of sp³-hybridized carbons (Fsp3) is 0.807. The Labute approximate surface area is 409 Å². The molecule has 0 aliphatic carbocycles. The van der Waals surface area contributed by atoms with Gasteiger partial charge in [-0.1, -0.05) is 261 Å². The normalized spacial score (nSPS) is 14.5. The Hall–Kier alpha value is -1.80. The summed E-state index contributed by atoms with van der Waals surface area (Å²) in [4.78, 5) is 25.4. The summed E-state index contributed by atoms with van der Waals surface area (Å²) in [7, 11) is 1.25.